The second-order valence-electron chi connectivity index (χ2n) is 15.5. The van der Waals surface area contributed by atoms with Crippen LogP contribution in [0.3, 0.4) is 0 Å². The van der Waals surface area contributed by atoms with E-state index in [4.69, 9.17) is 15.0 Å². The lowest BCUT2D eigenvalue weighted by Crippen LogP contribution is -2.02. The molecule has 3 heterocycles. The minimum atomic E-state index is 0.617. The lowest BCUT2D eigenvalue weighted by molar-refractivity contribution is 1.07. The molecule has 0 saturated carbocycles. The highest BCUT2D eigenvalue weighted by Gasteiger charge is 2.21. The summed E-state index contributed by atoms with van der Waals surface area (Å²) in [7, 11) is 0. The predicted octanol–water partition coefficient (Wildman–Crippen LogP) is 16.3. The molecule has 9 aromatic carbocycles. The maximum absolute atomic E-state index is 5.43. The largest absolute Gasteiger partial charge is 0.208 e. The lowest BCUT2D eigenvalue weighted by atomic mass is 9.94. The molecule has 12 aromatic rings. The zero-order valence-corrected chi connectivity index (χ0v) is 35.0. The Morgan fingerprint density at radius 1 is 0.242 bits per heavy atom. The Bertz CT molecular complexity index is 3410. The third-order valence-electron chi connectivity index (χ3n) is 11.8. The molecule has 0 aliphatic rings. The van der Waals surface area contributed by atoms with Gasteiger partial charge in [0.2, 0.25) is 0 Å². The standard InChI is InChI=1S/C57H35N3S2/c1-3-17-36(18-4-1)41-21-7-9-25-49(41)56-58-55(59-57(60-56)50-26-10-8-22-42(50)37-19-5-2-6-20-37)40-34-38(43-27-15-29-47-45-23-11-13-31-51(45)61-53(43)47)33-39(35-40)44-28-16-30-48-46-24-12-14-32-52(46)62-54(44)48/h1-35H. The van der Waals surface area contributed by atoms with Crippen LogP contribution in [0.15, 0.2) is 212 Å². The normalized spacial score (nSPS) is 11.5. The van der Waals surface area contributed by atoms with Crippen LogP contribution < -0.4 is 0 Å². The number of hydrogen-bond donors (Lipinski definition) is 0. The summed E-state index contributed by atoms with van der Waals surface area (Å²) in [5.74, 6) is 1.86. The SMILES string of the molecule is c1ccc(-c2ccccc2-c2nc(-c3cc(-c4cccc5c4sc4ccccc45)cc(-c4cccc5c4sc4ccccc45)c3)nc(-c3ccccc3-c3ccccc3)n2)cc1. The lowest BCUT2D eigenvalue weighted by Gasteiger charge is -2.15. The molecule has 0 fully saturated rings. The molecule has 0 amide bonds. The minimum absolute atomic E-state index is 0.617. The van der Waals surface area contributed by atoms with Gasteiger partial charge in [-0.25, -0.2) is 15.0 Å². The highest BCUT2D eigenvalue weighted by atomic mass is 32.1. The van der Waals surface area contributed by atoms with E-state index >= 15 is 0 Å². The molecule has 12 rings (SSSR count). The molecule has 3 aromatic heterocycles. The van der Waals surface area contributed by atoms with Crippen LogP contribution in [0, 0.1) is 0 Å². The summed E-state index contributed by atoms with van der Waals surface area (Å²) in [5, 5.41) is 5.09. The van der Waals surface area contributed by atoms with Gasteiger partial charge in [0.25, 0.3) is 0 Å². The Morgan fingerprint density at radius 2 is 0.597 bits per heavy atom. The minimum Gasteiger partial charge on any atom is -0.208 e. The molecule has 0 bridgehead atoms. The number of benzene rings is 9. The fourth-order valence-electron chi connectivity index (χ4n) is 8.86. The van der Waals surface area contributed by atoms with Gasteiger partial charge in [0.1, 0.15) is 0 Å². The van der Waals surface area contributed by atoms with Gasteiger partial charge in [-0.05, 0) is 74.8 Å². The average molecular weight is 826 g/mol. The van der Waals surface area contributed by atoms with Crippen LogP contribution >= 0.6 is 22.7 Å². The van der Waals surface area contributed by atoms with Crippen LogP contribution in [-0.4, -0.2) is 15.0 Å². The van der Waals surface area contributed by atoms with Crippen molar-refractivity contribution in [3.63, 3.8) is 0 Å². The van der Waals surface area contributed by atoms with Crippen LogP contribution in [0.1, 0.15) is 0 Å². The number of rotatable bonds is 7. The molecular weight excluding hydrogens is 791 g/mol. The van der Waals surface area contributed by atoms with E-state index in [9.17, 15) is 0 Å². The fourth-order valence-corrected chi connectivity index (χ4v) is 11.3. The van der Waals surface area contributed by atoms with Gasteiger partial charge in [-0.1, -0.05) is 182 Å². The van der Waals surface area contributed by atoms with Gasteiger partial charge in [-0.15, -0.1) is 22.7 Å². The first-order valence-electron chi connectivity index (χ1n) is 20.8. The van der Waals surface area contributed by atoms with E-state index in [0.717, 1.165) is 50.1 Å². The Hall–Kier alpha value is -7.57. The van der Waals surface area contributed by atoms with Gasteiger partial charge < -0.3 is 0 Å². The van der Waals surface area contributed by atoms with Crippen molar-refractivity contribution in [2.24, 2.45) is 0 Å². The summed E-state index contributed by atoms with van der Waals surface area (Å²) >= 11 is 3.70. The number of thiophene rings is 2. The monoisotopic (exact) mass is 825 g/mol. The molecule has 0 unspecified atom stereocenters. The molecule has 5 heteroatoms. The highest BCUT2D eigenvalue weighted by Crippen LogP contribution is 2.45. The zero-order valence-electron chi connectivity index (χ0n) is 33.4. The second kappa shape index (κ2) is 15.2. The van der Waals surface area contributed by atoms with Crippen LogP contribution in [0.5, 0.6) is 0 Å². The molecule has 3 nitrogen and oxygen atoms in total. The van der Waals surface area contributed by atoms with Crippen LogP contribution in [0.25, 0.3) is 119 Å². The maximum Gasteiger partial charge on any atom is 0.164 e. The molecule has 0 spiro atoms. The van der Waals surface area contributed by atoms with Crippen LogP contribution in [0.2, 0.25) is 0 Å². The first-order chi connectivity index (χ1) is 30.7. The first kappa shape index (κ1) is 36.3. The van der Waals surface area contributed by atoms with Crippen molar-refractivity contribution in [3.8, 4) is 78.7 Å². The molecule has 62 heavy (non-hydrogen) atoms. The number of aromatic nitrogens is 3. The third-order valence-corrected chi connectivity index (χ3v) is 14.2. The number of hydrogen-bond acceptors (Lipinski definition) is 5. The molecule has 0 saturated heterocycles. The molecule has 0 atom stereocenters. The van der Waals surface area contributed by atoms with E-state index in [-0.39, 0.29) is 0 Å². The molecule has 0 aliphatic heterocycles. The van der Waals surface area contributed by atoms with Gasteiger partial charge in [0.15, 0.2) is 17.5 Å². The smallest absolute Gasteiger partial charge is 0.164 e. The van der Waals surface area contributed by atoms with E-state index in [2.05, 4.69) is 212 Å². The molecule has 290 valence electrons. The van der Waals surface area contributed by atoms with E-state index in [0.29, 0.717) is 17.5 Å². The van der Waals surface area contributed by atoms with Gasteiger partial charge in [0, 0.05) is 57.0 Å². The maximum atomic E-state index is 5.43. The third kappa shape index (κ3) is 6.29. The highest BCUT2D eigenvalue weighted by molar-refractivity contribution is 7.26. The van der Waals surface area contributed by atoms with Gasteiger partial charge in [0.05, 0.1) is 0 Å². The van der Waals surface area contributed by atoms with E-state index in [1.807, 2.05) is 22.7 Å². The number of nitrogens with zero attached hydrogens (tertiary/aromatic N) is 3. The van der Waals surface area contributed by atoms with Crippen molar-refractivity contribution >= 4 is 63.0 Å². The predicted molar refractivity (Wildman–Crippen MR) is 264 cm³/mol. The van der Waals surface area contributed by atoms with Crippen LogP contribution in [-0.2, 0) is 0 Å². The van der Waals surface area contributed by atoms with Crippen molar-refractivity contribution in [1.29, 1.82) is 0 Å². The fraction of sp³-hybridized carbons (Fsp3) is 0. The summed E-state index contributed by atoms with van der Waals surface area (Å²) in [4.78, 5) is 16.2. The zero-order chi connectivity index (χ0) is 41.0. The van der Waals surface area contributed by atoms with Crippen LogP contribution in [0.4, 0.5) is 0 Å². The van der Waals surface area contributed by atoms with Crippen molar-refractivity contribution < 1.29 is 0 Å². The summed E-state index contributed by atoms with van der Waals surface area (Å²) in [6.45, 7) is 0. The van der Waals surface area contributed by atoms with E-state index < -0.39 is 0 Å². The Labute approximate surface area is 366 Å². The van der Waals surface area contributed by atoms with Gasteiger partial charge >= 0.3 is 0 Å². The molecular formula is C57H35N3S2. The first-order valence-corrected chi connectivity index (χ1v) is 22.4. The van der Waals surface area contributed by atoms with Crippen molar-refractivity contribution in [1.82, 2.24) is 15.0 Å². The summed E-state index contributed by atoms with van der Waals surface area (Å²) in [6.07, 6.45) is 0. The Kier molecular flexibility index (Phi) is 8.87. The molecule has 0 aliphatic carbocycles. The Morgan fingerprint density at radius 3 is 1.08 bits per heavy atom. The second-order valence-corrected chi connectivity index (χ2v) is 17.6. The average Bonchev–Trinajstić information content (AvgIpc) is 3.93. The molecule has 0 N–H and O–H groups in total. The quantitative estimate of drug-likeness (QED) is 0.161. The Balaban J connectivity index is 1.15. The van der Waals surface area contributed by atoms with Crippen molar-refractivity contribution in [3.05, 3.63) is 212 Å². The van der Waals surface area contributed by atoms with Crippen molar-refractivity contribution in [2.45, 2.75) is 0 Å². The number of fused-ring (bicyclic) bond motifs is 6. The van der Waals surface area contributed by atoms with Gasteiger partial charge in [-0.2, -0.15) is 0 Å². The van der Waals surface area contributed by atoms with E-state index in [1.165, 1.54) is 51.5 Å². The topological polar surface area (TPSA) is 38.7 Å². The van der Waals surface area contributed by atoms with Gasteiger partial charge in [-0.3, -0.25) is 0 Å². The van der Waals surface area contributed by atoms with Crippen molar-refractivity contribution in [2.75, 3.05) is 0 Å². The summed E-state index contributed by atoms with van der Waals surface area (Å²) in [6, 6.07) is 75.6. The molecule has 0 radical (unpaired) electrons. The summed E-state index contributed by atoms with van der Waals surface area (Å²) in [5.41, 5.74) is 11.8. The van der Waals surface area contributed by atoms with E-state index in [1.54, 1.807) is 0 Å². The summed E-state index contributed by atoms with van der Waals surface area (Å²) < 4.78 is 5.09.